The van der Waals surface area contributed by atoms with Gasteiger partial charge in [0.25, 0.3) is 0 Å². The minimum Gasteiger partial charge on any atom is -0.326 e. The number of nitrogens with one attached hydrogen (secondary N) is 2. The van der Waals surface area contributed by atoms with Gasteiger partial charge in [0, 0.05) is 24.7 Å². The Kier molecular flexibility index (Phi) is 5.10. The van der Waals surface area contributed by atoms with Gasteiger partial charge in [0.15, 0.2) is 0 Å². The molecule has 17 heavy (non-hydrogen) atoms. The van der Waals surface area contributed by atoms with Gasteiger partial charge in [0.05, 0.1) is 0 Å². The van der Waals surface area contributed by atoms with Gasteiger partial charge in [-0.2, -0.15) is 0 Å². The molecule has 0 aromatic heterocycles. The van der Waals surface area contributed by atoms with Crippen LogP contribution in [0, 0.1) is 12.7 Å². The lowest BCUT2D eigenvalue weighted by Gasteiger charge is -2.09. The van der Waals surface area contributed by atoms with Crippen LogP contribution >= 0.6 is 0 Å². The number of aryl methyl sites for hydroxylation is 1. The maximum Gasteiger partial charge on any atom is 0.225 e. The molecule has 0 saturated carbocycles. The van der Waals surface area contributed by atoms with Crippen LogP contribution in [-0.4, -0.2) is 18.5 Å². The summed E-state index contributed by atoms with van der Waals surface area (Å²) >= 11 is 0. The number of rotatable bonds is 5. The number of carbonyl (C=O) groups is 1. The van der Waals surface area contributed by atoms with Gasteiger partial charge < -0.3 is 10.6 Å². The molecule has 0 heterocycles. The fraction of sp³-hybridized carbons (Fsp3) is 0.462. The summed E-state index contributed by atoms with van der Waals surface area (Å²) in [6.07, 6.45) is 0.383. The van der Waals surface area contributed by atoms with Crippen molar-refractivity contribution in [3.63, 3.8) is 0 Å². The van der Waals surface area contributed by atoms with E-state index in [9.17, 15) is 9.18 Å². The van der Waals surface area contributed by atoms with Crippen LogP contribution in [0.2, 0.25) is 0 Å². The highest BCUT2D eigenvalue weighted by molar-refractivity contribution is 5.90. The summed E-state index contributed by atoms with van der Waals surface area (Å²) < 4.78 is 13.2. The van der Waals surface area contributed by atoms with Crippen LogP contribution in [0.25, 0.3) is 0 Å². The highest BCUT2D eigenvalue weighted by Gasteiger charge is 2.04. The van der Waals surface area contributed by atoms with E-state index in [4.69, 9.17) is 0 Å². The number of hydrogen-bond donors (Lipinski definition) is 2. The zero-order chi connectivity index (χ0) is 12.8. The molecule has 1 amide bonds. The average molecular weight is 238 g/mol. The molecular formula is C13H19FN2O. The predicted molar refractivity (Wildman–Crippen MR) is 67.5 cm³/mol. The molecule has 0 aliphatic carbocycles. The lowest BCUT2D eigenvalue weighted by Crippen LogP contribution is -2.27. The Hall–Kier alpha value is -1.42. The summed E-state index contributed by atoms with van der Waals surface area (Å²) in [5.41, 5.74) is 1.08. The summed E-state index contributed by atoms with van der Waals surface area (Å²) in [6.45, 7) is 6.35. The van der Waals surface area contributed by atoms with Crippen LogP contribution < -0.4 is 10.6 Å². The van der Waals surface area contributed by atoms with Gasteiger partial charge in [0.2, 0.25) is 5.91 Å². The summed E-state index contributed by atoms with van der Waals surface area (Å²) in [4.78, 5) is 11.5. The minimum atomic E-state index is -0.303. The van der Waals surface area contributed by atoms with Crippen LogP contribution in [0.1, 0.15) is 25.8 Å². The van der Waals surface area contributed by atoms with E-state index in [1.54, 1.807) is 19.1 Å². The Morgan fingerprint density at radius 1 is 1.41 bits per heavy atom. The predicted octanol–water partition coefficient (Wildman–Crippen LogP) is 2.46. The molecule has 0 aliphatic heterocycles. The first kappa shape index (κ1) is 13.6. The van der Waals surface area contributed by atoms with Gasteiger partial charge >= 0.3 is 0 Å². The molecule has 1 aromatic rings. The van der Waals surface area contributed by atoms with E-state index >= 15 is 0 Å². The molecule has 0 atom stereocenters. The maximum absolute atomic E-state index is 13.2. The third-order valence-electron chi connectivity index (χ3n) is 2.36. The van der Waals surface area contributed by atoms with Gasteiger partial charge in [-0.25, -0.2) is 4.39 Å². The molecule has 1 aromatic carbocycles. The van der Waals surface area contributed by atoms with Crippen LogP contribution in [0.4, 0.5) is 10.1 Å². The Morgan fingerprint density at radius 3 is 2.71 bits per heavy atom. The van der Waals surface area contributed by atoms with E-state index in [2.05, 4.69) is 10.6 Å². The van der Waals surface area contributed by atoms with E-state index in [1.165, 1.54) is 6.07 Å². The van der Waals surface area contributed by atoms with Gasteiger partial charge in [-0.05, 0) is 24.6 Å². The third-order valence-corrected chi connectivity index (χ3v) is 2.36. The quantitative estimate of drug-likeness (QED) is 0.827. The Bertz CT molecular complexity index is 391. The van der Waals surface area contributed by atoms with Gasteiger partial charge in [-0.15, -0.1) is 0 Å². The van der Waals surface area contributed by atoms with E-state index in [0.717, 1.165) is 0 Å². The van der Waals surface area contributed by atoms with E-state index in [1.807, 2.05) is 13.8 Å². The molecule has 94 valence electrons. The molecule has 0 spiro atoms. The van der Waals surface area contributed by atoms with Crippen molar-refractivity contribution >= 4 is 11.6 Å². The van der Waals surface area contributed by atoms with Crippen LogP contribution in [0.5, 0.6) is 0 Å². The van der Waals surface area contributed by atoms with Crippen LogP contribution in [0.3, 0.4) is 0 Å². The molecule has 1 rings (SSSR count). The second-order valence-corrected chi connectivity index (χ2v) is 4.37. The largest absolute Gasteiger partial charge is 0.326 e. The topological polar surface area (TPSA) is 41.1 Å². The summed E-state index contributed by atoms with van der Waals surface area (Å²) in [6, 6.07) is 5.05. The molecule has 0 unspecified atom stereocenters. The van der Waals surface area contributed by atoms with Crippen molar-refractivity contribution in [3.05, 3.63) is 29.6 Å². The zero-order valence-electron chi connectivity index (χ0n) is 10.5. The van der Waals surface area contributed by atoms with Crippen molar-refractivity contribution in [1.82, 2.24) is 5.32 Å². The fourth-order valence-electron chi connectivity index (χ4n) is 1.37. The van der Waals surface area contributed by atoms with Crippen molar-refractivity contribution in [2.45, 2.75) is 33.2 Å². The number of benzene rings is 1. The Balaban J connectivity index is 2.42. The molecule has 3 nitrogen and oxygen atoms in total. The first-order chi connectivity index (χ1) is 7.99. The molecule has 4 heteroatoms. The van der Waals surface area contributed by atoms with Gasteiger partial charge in [0.1, 0.15) is 5.82 Å². The number of halogens is 1. The highest BCUT2D eigenvalue weighted by atomic mass is 19.1. The molecule has 0 fully saturated rings. The number of hydrogen-bond acceptors (Lipinski definition) is 2. The van der Waals surface area contributed by atoms with Crippen LogP contribution in [-0.2, 0) is 4.79 Å². The van der Waals surface area contributed by atoms with Crippen molar-refractivity contribution in [2.75, 3.05) is 11.9 Å². The highest BCUT2D eigenvalue weighted by Crippen LogP contribution is 2.13. The summed E-state index contributed by atoms with van der Waals surface area (Å²) in [5, 5.41) is 5.81. The molecule has 0 aliphatic rings. The third kappa shape index (κ3) is 4.95. The monoisotopic (exact) mass is 238 g/mol. The fourth-order valence-corrected chi connectivity index (χ4v) is 1.37. The van der Waals surface area contributed by atoms with Crippen molar-refractivity contribution in [3.8, 4) is 0 Å². The average Bonchev–Trinajstić information content (AvgIpc) is 2.23. The number of carbonyl (C=O) groups excluding carboxylic acids is 1. The van der Waals surface area contributed by atoms with E-state index in [0.29, 0.717) is 30.3 Å². The lowest BCUT2D eigenvalue weighted by atomic mass is 10.2. The van der Waals surface area contributed by atoms with Crippen LogP contribution in [0.15, 0.2) is 18.2 Å². The van der Waals surface area contributed by atoms with Crippen molar-refractivity contribution < 1.29 is 9.18 Å². The van der Waals surface area contributed by atoms with E-state index in [-0.39, 0.29) is 11.7 Å². The standard InChI is InChI=1S/C13H19FN2O/c1-9(2)15-7-6-13(17)16-11-5-4-10(3)12(14)8-11/h4-5,8-9,15H,6-7H2,1-3H3,(H,16,17). The molecule has 2 N–H and O–H groups in total. The van der Waals surface area contributed by atoms with Crippen molar-refractivity contribution in [2.24, 2.45) is 0 Å². The second kappa shape index (κ2) is 6.35. The molecular weight excluding hydrogens is 219 g/mol. The van der Waals surface area contributed by atoms with Crippen molar-refractivity contribution in [1.29, 1.82) is 0 Å². The zero-order valence-corrected chi connectivity index (χ0v) is 10.5. The van der Waals surface area contributed by atoms with Gasteiger partial charge in [-0.3, -0.25) is 4.79 Å². The minimum absolute atomic E-state index is 0.110. The molecule has 0 radical (unpaired) electrons. The lowest BCUT2D eigenvalue weighted by molar-refractivity contribution is -0.116. The Morgan fingerprint density at radius 2 is 2.12 bits per heavy atom. The number of anilines is 1. The number of amides is 1. The SMILES string of the molecule is Cc1ccc(NC(=O)CCNC(C)C)cc1F. The second-order valence-electron chi connectivity index (χ2n) is 4.37. The first-order valence-electron chi connectivity index (χ1n) is 5.78. The normalized spacial score (nSPS) is 10.6. The van der Waals surface area contributed by atoms with E-state index < -0.39 is 0 Å². The maximum atomic E-state index is 13.2. The summed E-state index contributed by atoms with van der Waals surface area (Å²) in [7, 11) is 0. The van der Waals surface area contributed by atoms with Gasteiger partial charge in [-0.1, -0.05) is 19.9 Å². The smallest absolute Gasteiger partial charge is 0.225 e. The summed E-state index contributed by atoms with van der Waals surface area (Å²) in [5.74, 6) is -0.412. The Labute approximate surface area is 101 Å². The molecule has 0 saturated heterocycles. The first-order valence-corrected chi connectivity index (χ1v) is 5.78. The molecule has 0 bridgehead atoms.